The van der Waals surface area contributed by atoms with Gasteiger partial charge in [0.2, 0.25) is 0 Å². The summed E-state index contributed by atoms with van der Waals surface area (Å²) in [7, 11) is 0. The van der Waals surface area contributed by atoms with E-state index < -0.39 is 0 Å². The largest absolute Gasteiger partial charge is 0.342 e. The Morgan fingerprint density at radius 1 is 1.38 bits per heavy atom. The first kappa shape index (κ1) is 12.0. The van der Waals surface area contributed by atoms with Crippen LogP contribution in [0.25, 0.3) is 11.0 Å². The van der Waals surface area contributed by atoms with Gasteiger partial charge in [0.25, 0.3) is 0 Å². The molecule has 5 atom stereocenters. The summed E-state index contributed by atoms with van der Waals surface area (Å²) in [6.45, 7) is 3.49. The van der Waals surface area contributed by atoms with Crippen molar-refractivity contribution in [2.45, 2.75) is 37.8 Å². The van der Waals surface area contributed by atoms with Gasteiger partial charge in [0.1, 0.15) is 5.82 Å². The zero-order valence-electron chi connectivity index (χ0n) is 12.4. The van der Waals surface area contributed by atoms with Crippen LogP contribution in [0.3, 0.4) is 0 Å². The molecule has 108 valence electrons. The molecule has 1 aromatic heterocycles. The van der Waals surface area contributed by atoms with Crippen LogP contribution in [0.15, 0.2) is 36.4 Å². The van der Waals surface area contributed by atoms with Gasteiger partial charge in [-0.15, -0.1) is 0 Å². The van der Waals surface area contributed by atoms with E-state index in [1.54, 1.807) is 0 Å². The minimum atomic E-state index is 0.465. The van der Waals surface area contributed by atoms with Gasteiger partial charge < -0.3 is 4.98 Å². The summed E-state index contributed by atoms with van der Waals surface area (Å²) >= 11 is 0. The van der Waals surface area contributed by atoms with E-state index in [0.29, 0.717) is 5.54 Å². The van der Waals surface area contributed by atoms with Gasteiger partial charge in [0.05, 0.1) is 16.6 Å². The average Bonchev–Trinajstić information content (AvgIpc) is 2.90. The van der Waals surface area contributed by atoms with Crippen LogP contribution < -0.4 is 0 Å². The summed E-state index contributed by atoms with van der Waals surface area (Å²) in [5.41, 5.74) is 2.71. The molecule has 1 saturated heterocycles. The van der Waals surface area contributed by atoms with Gasteiger partial charge in [-0.25, -0.2) is 4.98 Å². The van der Waals surface area contributed by atoms with Crippen molar-refractivity contribution in [1.82, 2.24) is 14.9 Å². The number of nitrogens with one attached hydrogen (secondary N) is 1. The van der Waals surface area contributed by atoms with E-state index in [9.17, 15) is 0 Å². The molecule has 3 nitrogen and oxygen atoms in total. The lowest BCUT2D eigenvalue weighted by atomic mass is 9.83. The fraction of sp³-hybridized carbons (Fsp3) is 0.500. The minimum absolute atomic E-state index is 0.465. The third kappa shape index (κ3) is 1.45. The van der Waals surface area contributed by atoms with Crippen molar-refractivity contribution in [1.29, 1.82) is 0 Å². The number of para-hydroxylation sites is 2. The summed E-state index contributed by atoms with van der Waals surface area (Å²) in [5.74, 6) is 2.87. The number of aromatic amines is 1. The van der Waals surface area contributed by atoms with Gasteiger partial charge >= 0.3 is 0 Å². The summed E-state index contributed by atoms with van der Waals surface area (Å²) in [6.07, 6.45) is 8.68. The van der Waals surface area contributed by atoms with Gasteiger partial charge in [0, 0.05) is 24.9 Å². The second-order valence-corrected chi connectivity index (χ2v) is 6.85. The van der Waals surface area contributed by atoms with Crippen molar-refractivity contribution >= 4 is 11.0 Å². The monoisotopic (exact) mass is 279 g/mol. The summed E-state index contributed by atoms with van der Waals surface area (Å²) in [4.78, 5) is 10.9. The molecular formula is C18H21N3. The van der Waals surface area contributed by atoms with Crippen LogP contribution in [0.5, 0.6) is 0 Å². The molecule has 3 aliphatic rings. The van der Waals surface area contributed by atoms with Crippen LogP contribution in [-0.2, 0) is 6.42 Å². The Bertz CT molecular complexity index is 698. The number of imidazole rings is 1. The van der Waals surface area contributed by atoms with Crippen LogP contribution in [0.1, 0.15) is 25.6 Å². The maximum atomic E-state index is 4.71. The molecule has 1 saturated carbocycles. The Labute approximate surface area is 125 Å². The van der Waals surface area contributed by atoms with E-state index in [1.165, 1.54) is 12.8 Å². The highest BCUT2D eigenvalue weighted by Gasteiger charge is 2.73. The fourth-order valence-electron chi connectivity index (χ4n) is 4.89. The van der Waals surface area contributed by atoms with E-state index in [4.69, 9.17) is 4.98 Å². The van der Waals surface area contributed by atoms with E-state index in [0.717, 1.165) is 47.7 Å². The third-order valence-corrected chi connectivity index (χ3v) is 5.98. The molecule has 3 heteroatoms. The predicted octanol–water partition coefficient (Wildman–Crippen LogP) is 3.14. The van der Waals surface area contributed by atoms with E-state index in [-0.39, 0.29) is 0 Å². The summed E-state index contributed by atoms with van der Waals surface area (Å²) in [5, 5.41) is 0. The molecule has 0 radical (unpaired) electrons. The van der Waals surface area contributed by atoms with Crippen molar-refractivity contribution in [3.05, 3.63) is 42.2 Å². The van der Waals surface area contributed by atoms with Crippen molar-refractivity contribution in [2.24, 2.45) is 11.8 Å². The van der Waals surface area contributed by atoms with Crippen LogP contribution in [0.2, 0.25) is 0 Å². The number of piperidine rings is 1. The third-order valence-electron chi connectivity index (χ3n) is 5.98. The molecule has 2 aliphatic carbocycles. The maximum Gasteiger partial charge on any atom is 0.108 e. The number of benzene rings is 1. The van der Waals surface area contributed by atoms with Gasteiger partial charge in [-0.2, -0.15) is 0 Å². The summed E-state index contributed by atoms with van der Waals surface area (Å²) < 4.78 is 0. The molecule has 0 amide bonds. The van der Waals surface area contributed by atoms with Gasteiger partial charge in [-0.05, 0) is 24.5 Å². The smallest absolute Gasteiger partial charge is 0.108 e. The minimum Gasteiger partial charge on any atom is -0.342 e. The number of nitrogens with zero attached hydrogens (tertiary/aromatic N) is 2. The molecule has 1 aliphatic heterocycles. The number of fused-ring (bicyclic) bond motifs is 1. The van der Waals surface area contributed by atoms with Crippen molar-refractivity contribution in [3.8, 4) is 0 Å². The Kier molecular flexibility index (Phi) is 2.27. The number of rotatable bonds is 4. The van der Waals surface area contributed by atoms with Crippen LogP contribution >= 0.6 is 0 Å². The van der Waals surface area contributed by atoms with Gasteiger partial charge in [-0.3, -0.25) is 4.90 Å². The Morgan fingerprint density at radius 2 is 2.29 bits per heavy atom. The molecule has 2 fully saturated rings. The molecule has 5 rings (SSSR count). The molecule has 21 heavy (non-hydrogen) atoms. The maximum absolute atomic E-state index is 4.71. The highest BCUT2D eigenvalue weighted by atomic mass is 15.4. The number of hydrogen-bond donors (Lipinski definition) is 1. The topological polar surface area (TPSA) is 31.7 Å². The second kappa shape index (κ2) is 3.98. The van der Waals surface area contributed by atoms with Crippen molar-refractivity contribution in [3.63, 3.8) is 0 Å². The molecule has 2 heterocycles. The Morgan fingerprint density at radius 3 is 3.05 bits per heavy atom. The second-order valence-electron chi connectivity index (χ2n) is 6.85. The Balaban J connectivity index is 1.32. The van der Waals surface area contributed by atoms with Crippen LogP contribution in [0, 0.1) is 11.8 Å². The van der Waals surface area contributed by atoms with Crippen molar-refractivity contribution < 1.29 is 0 Å². The van der Waals surface area contributed by atoms with E-state index in [2.05, 4.69) is 53.2 Å². The fourth-order valence-corrected chi connectivity index (χ4v) is 4.89. The first-order valence-electron chi connectivity index (χ1n) is 8.22. The molecule has 1 N–H and O–H groups in total. The summed E-state index contributed by atoms with van der Waals surface area (Å²) in [6, 6.07) is 9.12. The predicted molar refractivity (Wildman–Crippen MR) is 84.1 cm³/mol. The molecular weight excluding hydrogens is 258 g/mol. The zero-order valence-corrected chi connectivity index (χ0v) is 12.4. The normalized spacial score (nSPS) is 39.1. The molecule has 0 bridgehead atoms. The first-order chi connectivity index (χ1) is 10.3. The first-order valence-corrected chi connectivity index (χ1v) is 8.22. The molecule has 1 spiro atoms. The average molecular weight is 279 g/mol. The number of H-pyrrole nitrogens is 1. The van der Waals surface area contributed by atoms with Crippen molar-refractivity contribution in [2.75, 3.05) is 6.54 Å². The highest BCUT2D eigenvalue weighted by Crippen LogP contribution is 2.65. The molecule has 5 unspecified atom stereocenters. The van der Waals surface area contributed by atoms with E-state index >= 15 is 0 Å². The quantitative estimate of drug-likeness (QED) is 0.688. The molecule has 1 aromatic carbocycles. The SMILES string of the molecule is CCC1CC2C=CC23C1N3CCc1nc2ccccc2[nH]1. The lowest BCUT2D eigenvalue weighted by molar-refractivity contribution is 0.281. The number of hydrogen-bond acceptors (Lipinski definition) is 2. The standard InChI is InChI=1S/C18H21N3/c1-2-12-11-13-7-9-18(13)17(12)21(18)10-8-16-19-14-5-3-4-6-15(14)20-16/h3-7,9,12-13,17H,2,8,10-11H2,1H3,(H,19,20). The van der Waals surface area contributed by atoms with Gasteiger partial charge in [0.15, 0.2) is 0 Å². The number of aromatic nitrogens is 2. The highest BCUT2D eigenvalue weighted by molar-refractivity contribution is 5.74. The van der Waals surface area contributed by atoms with Gasteiger partial charge in [-0.1, -0.05) is 37.6 Å². The lowest BCUT2D eigenvalue weighted by Gasteiger charge is -2.29. The lowest BCUT2D eigenvalue weighted by Crippen LogP contribution is -2.32. The van der Waals surface area contributed by atoms with Crippen LogP contribution in [0.4, 0.5) is 0 Å². The zero-order chi connectivity index (χ0) is 14.0. The van der Waals surface area contributed by atoms with Crippen LogP contribution in [-0.4, -0.2) is 33.0 Å². The molecule has 2 aromatic rings. The number of likely N-dealkylation sites (tertiary alicyclic amines) is 1. The van der Waals surface area contributed by atoms with E-state index in [1.807, 2.05) is 0 Å². The Hall–Kier alpha value is -1.61.